The maximum atomic E-state index is 14.2. The van der Waals surface area contributed by atoms with Gasteiger partial charge >= 0.3 is 5.97 Å². The number of amides is 2. The van der Waals surface area contributed by atoms with Crippen LogP contribution in [0.3, 0.4) is 0 Å². The van der Waals surface area contributed by atoms with E-state index >= 15 is 0 Å². The molecule has 228 valence electrons. The van der Waals surface area contributed by atoms with Gasteiger partial charge in [0.1, 0.15) is 11.4 Å². The summed E-state index contributed by atoms with van der Waals surface area (Å²) in [6.45, 7) is 1.08. The molecule has 2 aromatic carbocycles. The van der Waals surface area contributed by atoms with Crippen molar-refractivity contribution < 1.29 is 29.0 Å². The van der Waals surface area contributed by atoms with Crippen LogP contribution >= 0.6 is 11.8 Å². The van der Waals surface area contributed by atoms with Gasteiger partial charge in [-0.15, -0.1) is 0 Å². The van der Waals surface area contributed by atoms with E-state index in [0.29, 0.717) is 42.3 Å². The van der Waals surface area contributed by atoms with Crippen molar-refractivity contribution in [3.05, 3.63) is 88.7 Å². The minimum atomic E-state index is -1.33. The van der Waals surface area contributed by atoms with Crippen LogP contribution in [0.5, 0.6) is 5.75 Å². The Hall–Kier alpha value is -3.76. The van der Waals surface area contributed by atoms with Crippen molar-refractivity contribution in [3.63, 3.8) is 0 Å². The molecule has 2 heterocycles. The molecule has 0 radical (unpaired) electrons. The highest BCUT2D eigenvalue weighted by atomic mass is 32.2. The van der Waals surface area contributed by atoms with Gasteiger partial charge in [-0.3, -0.25) is 9.59 Å². The summed E-state index contributed by atoms with van der Waals surface area (Å²) in [7, 11) is 6.43. The van der Waals surface area contributed by atoms with E-state index in [2.05, 4.69) is 4.57 Å². The Morgan fingerprint density at radius 2 is 1.77 bits per heavy atom. The van der Waals surface area contributed by atoms with Gasteiger partial charge in [0, 0.05) is 62.3 Å². The van der Waals surface area contributed by atoms with Crippen molar-refractivity contribution in [2.24, 2.45) is 5.92 Å². The van der Waals surface area contributed by atoms with Crippen molar-refractivity contribution in [2.75, 3.05) is 53.0 Å². The van der Waals surface area contributed by atoms with Crippen LogP contribution in [0.15, 0.2) is 60.7 Å². The number of nitrogens with zero attached hydrogens (tertiary/aromatic N) is 3. The van der Waals surface area contributed by atoms with Crippen molar-refractivity contribution in [3.8, 4) is 5.75 Å². The zero-order valence-corrected chi connectivity index (χ0v) is 25.9. The minimum absolute atomic E-state index is 0.0325. The largest absolute Gasteiger partial charge is 0.497 e. The predicted molar refractivity (Wildman–Crippen MR) is 166 cm³/mol. The first-order valence-electron chi connectivity index (χ1n) is 14.5. The molecule has 0 bridgehead atoms. The number of aromatic nitrogens is 1. The average Bonchev–Trinajstić information content (AvgIpc) is 3.66. The Morgan fingerprint density at radius 1 is 1.05 bits per heavy atom. The number of methoxy groups -OCH3 is 2. The molecule has 0 spiro atoms. The van der Waals surface area contributed by atoms with Crippen LogP contribution in [-0.2, 0) is 28.9 Å². The second-order valence-corrected chi connectivity index (χ2v) is 12.5. The van der Waals surface area contributed by atoms with E-state index in [1.807, 2.05) is 48.5 Å². The van der Waals surface area contributed by atoms with Gasteiger partial charge in [0.05, 0.1) is 20.8 Å². The number of aliphatic hydroxyl groups excluding tert-OH is 1. The second-order valence-electron chi connectivity index (χ2n) is 11.3. The van der Waals surface area contributed by atoms with Gasteiger partial charge in [-0.2, -0.15) is 11.8 Å². The van der Waals surface area contributed by atoms with Gasteiger partial charge in [0.15, 0.2) is 5.54 Å². The molecule has 5 rings (SSSR count). The fraction of sp³-hybridized carbons (Fsp3) is 0.424. The number of ether oxygens (including phenoxy) is 2. The minimum Gasteiger partial charge on any atom is -0.497 e. The summed E-state index contributed by atoms with van der Waals surface area (Å²) < 4.78 is 13.0. The van der Waals surface area contributed by atoms with E-state index in [4.69, 9.17) is 9.47 Å². The fourth-order valence-corrected chi connectivity index (χ4v) is 7.49. The molecule has 3 aromatic rings. The summed E-state index contributed by atoms with van der Waals surface area (Å²) in [4.78, 5) is 45.1. The fourth-order valence-electron chi connectivity index (χ4n) is 6.84. The lowest BCUT2D eigenvalue weighted by atomic mass is 9.75. The number of thioether (sulfide) groups is 1. The first kappa shape index (κ1) is 30.7. The van der Waals surface area contributed by atoms with Gasteiger partial charge in [0.2, 0.25) is 0 Å². The van der Waals surface area contributed by atoms with Gasteiger partial charge in [-0.25, -0.2) is 4.79 Å². The number of esters is 1. The normalized spacial score (nSPS) is 20.4. The maximum absolute atomic E-state index is 14.2. The molecule has 3 atom stereocenters. The third kappa shape index (κ3) is 5.54. The molecular weight excluding hydrogens is 566 g/mol. The number of hydrogen-bond donors (Lipinski definition) is 1. The summed E-state index contributed by atoms with van der Waals surface area (Å²) in [5.74, 6) is 0.835. The van der Waals surface area contributed by atoms with Gasteiger partial charge in [-0.1, -0.05) is 30.3 Å². The highest BCUT2D eigenvalue weighted by Crippen LogP contribution is 2.55. The molecule has 1 N–H and O–H groups in total. The molecule has 2 aliphatic rings. The van der Waals surface area contributed by atoms with Crippen LogP contribution in [-0.4, -0.2) is 95.8 Å². The first-order chi connectivity index (χ1) is 20.8. The molecule has 2 amide bonds. The number of rotatable bonds is 11. The Balaban J connectivity index is 1.66. The number of hydrogen-bond acceptors (Lipinski definition) is 7. The van der Waals surface area contributed by atoms with Crippen molar-refractivity contribution in [2.45, 2.75) is 30.8 Å². The monoisotopic (exact) mass is 605 g/mol. The molecule has 10 heteroatoms. The van der Waals surface area contributed by atoms with Crippen molar-refractivity contribution in [1.29, 1.82) is 0 Å². The molecule has 43 heavy (non-hydrogen) atoms. The van der Waals surface area contributed by atoms with E-state index in [1.165, 1.54) is 7.11 Å². The van der Waals surface area contributed by atoms with Crippen LogP contribution in [0, 0.1) is 5.92 Å². The molecule has 1 aliphatic heterocycles. The summed E-state index contributed by atoms with van der Waals surface area (Å²) >= 11 is 1.63. The molecule has 0 saturated carbocycles. The Kier molecular flexibility index (Phi) is 9.17. The number of aliphatic hydroxyl groups is 1. The number of carbonyl (C=O) groups is 3. The standard InChI is InChI=1S/C33H39N3O6S/c1-34(2)31(39)28-19-26-27(35(28)14-16-43-17-15-37)18-24-21-36(30(38)23-8-6-5-7-9-23)33(29(24)26,32(40)42-4)20-22-10-12-25(41-3)13-11-22/h5-13,19,24,29,37H,14-18,20-21H2,1-4H3/t24-,29+,33+/m0/s1. The van der Waals surface area contributed by atoms with E-state index in [-0.39, 0.29) is 36.7 Å². The highest BCUT2D eigenvalue weighted by Gasteiger charge is 2.64. The zero-order valence-electron chi connectivity index (χ0n) is 25.1. The molecular formula is C33H39N3O6S. The zero-order chi connectivity index (χ0) is 30.7. The molecule has 1 aliphatic carbocycles. The predicted octanol–water partition coefficient (Wildman–Crippen LogP) is 3.49. The van der Waals surface area contributed by atoms with Crippen LogP contribution in [0.4, 0.5) is 0 Å². The molecule has 9 nitrogen and oxygen atoms in total. The second kappa shape index (κ2) is 12.9. The Bertz CT molecular complexity index is 1470. The van der Waals surface area contributed by atoms with Crippen LogP contribution in [0.2, 0.25) is 0 Å². The van der Waals surface area contributed by atoms with Crippen molar-refractivity contribution >= 4 is 29.5 Å². The summed E-state index contributed by atoms with van der Waals surface area (Å²) in [5.41, 5.74) is 2.56. The smallest absolute Gasteiger partial charge is 0.332 e. The van der Waals surface area contributed by atoms with Crippen molar-refractivity contribution in [1.82, 2.24) is 14.4 Å². The van der Waals surface area contributed by atoms with Gasteiger partial charge < -0.3 is 28.9 Å². The molecule has 1 fully saturated rings. The Labute approximate surface area is 256 Å². The van der Waals surface area contributed by atoms with E-state index in [9.17, 15) is 19.5 Å². The molecule has 1 aromatic heterocycles. The van der Waals surface area contributed by atoms with Crippen LogP contribution in [0.1, 0.15) is 43.6 Å². The maximum Gasteiger partial charge on any atom is 0.332 e. The summed E-state index contributed by atoms with van der Waals surface area (Å²) in [6, 6.07) is 18.5. The third-order valence-electron chi connectivity index (χ3n) is 8.67. The SMILES string of the molecule is COC(=O)[C@@]1(Cc2ccc(OC)cc2)[C@H]2c3cc(C(=O)N(C)C)n(CCSCCO)c3C[C@H]2CN1C(=O)c1ccccc1. The lowest BCUT2D eigenvalue weighted by Gasteiger charge is -2.40. The number of carbonyl (C=O) groups excluding carboxylic acids is 3. The number of benzene rings is 2. The number of fused-ring (bicyclic) bond motifs is 3. The molecule has 1 saturated heterocycles. The van der Waals surface area contributed by atoms with Gasteiger partial charge in [0.25, 0.3) is 11.8 Å². The van der Waals surface area contributed by atoms with E-state index < -0.39 is 11.5 Å². The quantitative estimate of drug-likeness (QED) is 0.264. The van der Waals surface area contributed by atoms with Gasteiger partial charge in [-0.05, 0) is 53.8 Å². The lowest BCUT2D eigenvalue weighted by molar-refractivity contribution is -0.153. The number of likely N-dealkylation sites (tertiary alicyclic amines) is 1. The van der Waals surface area contributed by atoms with Crippen LogP contribution in [0.25, 0.3) is 0 Å². The Morgan fingerprint density at radius 3 is 2.40 bits per heavy atom. The van der Waals surface area contributed by atoms with E-state index in [0.717, 1.165) is 22.6 Å². The third-order valence-corrected chi connectivity index (χ3v) is 9.62. The van der Waals surface area contributed by atoms with Crippen LogP contribution < -0.4 is 4.74 Å². The molecule has 0 unspecified atom stereocenters. The van der Waals surface area contributed by atoms with E-state index in [1.54, 1.807) is 54.9 Å². The lowest BCUT2D eigenvalue weighted by Crippen LogP contribution is -2.58. The average molecular weight is 606 g/mol. The topological polar surface area (TPSA) is 101 Å². The summed E-state index contributed by atoms with van der Waals surface area (Å²) in [6.07, 6.45) is 0.878. The summed E-state index contributed by atoms with van der Waals surface area (Å²) in [5, 5.41) is 9.27. The highest BCUT2D eigenvalue weighted by molar-refractivity contribution is 7.99. The first-order valence-corrected chi connectivity index (χ1v) is 15.6.